The van der Waals surface area contributed by atoms with Gasteiger partial charge < -0.3 is 5.32 Å². The Labute approximate surface area is 117 Å². The van der Waals surface area contributed by atoms with Crippen LogP contribution < -0.4 is 5.32 Å². The number of halogens is 1. The Morgan fingerprint density at radius 1 is 1.40 bits per heavy atom. The van der Waals surface area contributed by atoms with Crippen molar-refractivity contribution in [1.29, 1.82) is 0 Å². The molecule has 0 fully saturated rings. The third-order valence-corrected chi connectivity index (χ3v) is 3.56. The van der Waals surface area contributed by atoms with Crippen LogP contribution in [0.25, 0.3) is 0 Å². The fraction of sp³-hybridized carbons (Fsp3) is 0.308. The Balaban J connectivity index is 2.05. The summed E-state index contributed by atoms with van der Waals surface area (Å²) in [5.74, 6) is -0.812. The molecule has 2 rings (SSSR count). The van der Waals surface area contributed by atoms with Gasteiger partial charge >= 0.3 is 0 Å². The molecule has 0 spiro atoms. The second kappa shape index (κ2) is 5.62. The van der Waals surface area contributed by atoms with Crippen LogP contribution in [-0.2, 0) is 29.2 Å². The van der Waals surface area contributed by atoms with Crippen LogP contribution in [0.1, 0.15) is 11.1 Å². The summed E-state index contributed by atoms with van der Waals surface area (Å²) in [5, 5.41) is 7.10. The van der Waals surface area contributed by atoms with Gasteiger partial charge in [0.05, 0.1) is 11.9 Å². The number of benzene rings is 1. The van der Waals surface area contributed by atoms with Crippen molar-refractivity contribution in [2.75, 3.05) is 11.6 Å². The van der Waals surface area contributed by atoms with Crippen molar-refractivity contribution in [3.63, 3.8) is 0 Å². The van der Waals surface area contributed by atoms with Crippen LogP contribution in [0, 0.1) is 5.82 Å². The summed E-state index contributed by atoms with van der Waals surface area (Å²) in [6, 6.07) is 4.46. The molecule has 1 aromatic carbocycles. The van der Waals surface area contributed by atoms with Gasteiger partial charge in [-0.3, -0.25) is 4.68 Å². The van der Waals surface area contributed by atoms with Gasteiger partial charge in [-0.15, -0.1) is 0 Å². The molecule has 0 amide bonds. The minimum absolute atomic E-state index is 0.180. The number of aryl methyl sites for hydroxylation is 1. The van der Waals surface area contributed by atoms with Crippen molar-refractivity contribution in [3.05, 3.63) is 47.5 Å². The zero-order valence-electron chi connectivity index (χ0n) is 11.3. The molecule has 1 aromatic heterocycles. The first-order chi connectivity index (χ1) is 9.33. The van der Waals surface area contributed by atoms with E-state index in [0.29, 0.717) is 12.2 Å². The second-order valence-corrected chi connectivity index (χ2v) is 6.89. The summed E-state index contributed by atoms with van der Waals surface area (Å²) in [6.07, 6.45) is 4.67. The average Bonchev–Trinajstić information content (AvgIpc) is 2.74. The fourth-order valence-electron chi connectivity index (χ4n) is 1.82. The summed E-state index contributed by atoms with van der Waals surface area (Å²) in [4.78, 5) is 0. The highest BCUT2D eigenvalue weighted by Gasteiger charge is 2.10. The lowest BCUT2D eigenvalue weighted by molar-refractivity contribution is 0.592. The van der Waals surface area contributed by atoms with E-state index in [2.05, 4.69) is 10.4 Å². The molecule has 0 unspecified atom stereocenters. The van der Waals surface area contributed by atoms with Crippen LogP contribution in [0.3, 0.4) is 0 Å². The Kier molecular flexibility index (Phi) is 4.08. The van der Waals surface area contributed by atoms with Crippen LogP contribution in [-0.4, -0.2) is 24.5 Å². The van der Waals surface area contributed by atoms with Gasteiger partial charge in [-0.2, -0.15) is 5.10 Å². The maximum atomic E-state index is 13.8. The number of sulfone groups is 1. The molecule has 108 valence electrons. The van der Waals surface area contributed by atoms with E-state index in [1.807, 2.05) is 13.2 Å². The number of nitrogens with zero attached hydrogens (tertiary/aromatic N) is 2. The molecule has 0 aliphatic carbocycles. The van der Waals surface area contributed by atoms with Crippen LogP contribution in [0.2, 0.25) is 0 Å². The molecule has 1 heterocycles. The first-order valence-corrected chi connectivity index (χ1v) is 8.07. The number of nitrogens with one attached hydrogen (secondary N) is 1. The molecule has 20 heavy (non-hydrogen) atoms. The smallest absolute Gasteiger partial charge is 0.151 e. The van der Waals surface area contributed by atoms with Crippen molar-refractivity contribution in [2.45, 2.75) is 12.3 Å². The number of anilines is 1. The zero-order valence-corrected chi connectivity index (χ0v) is 12.1. The summed E-state index contributed by atoms with van der Waals surface area (Å²) in [7, 11) is -1.41. The lowest BCUT2D eigenvalue weighted by Crippen LogP contribution is -2.04. The van der Waals surface area contributed by atoms with E-state index in [1.165, 1.54) is 12.1 Å². The van der Waals surface area contributed by atoms with Gasteiger partial charge in [-0.05, 0) is 12.1 Å². The van der Waals surface area contributed by atoms with Crippen LogP contribution in [0.4, 0.5) is 10.1 Å². The minimum atomic E-state index is -3.24. The SMILES string of the molecule is Cn1cc(CNc2ccc(CS(C)(=O)=O)c(F)c2)cn1. The number of rotatable bonds is 5. The Hall–Kier alpha value is -1.89. The maximum Gasteiger partial charge on any atom is 0.151 e. The van der Waals surface area contributed by atoms with Gasteiger partial charge in [0.2, 0.25) is 0 Å². The first-order valence-electron chi connectivity index (χ1n) is 6.01. The van der Waals surface area contributed by atoms with Crippen molar-refractivity contribution in [2.24, 2.45) is 7.05 Å². The third kappa shape index (κ3) is 4.06. The third-order valence-electron chi connectivity index (χ3n) is 2.73. The molecular weight excluding hydrogens is 281 g/mol. The van der Waals surface area contributed by atoms with Crippen molar-refractivity contribution in [1.82, 2.24) is 9.78 Å². The van der Waals surface area contributed by atoms with Crippen LogP contribution in [0.15, 0.2) is 30.6 Å². The van der Waals surface area contributed by atoms with Crippen molar-refractivity contribution >= 4 is 15.5 Å². The molecular formula is C13H16FN3O2S. The minimum Gasteiger partial charge on any atom is -0.381 e. The topological polar surface area (TPSA) is 64.0 Å². The molecule has 0 bridgehead atoms. The van der Waals surface area contributed by atoms with Crippen molar-refractivity contribution in [3.8, 4) is 0 Å². The molecule has 0 aliphatic heterocycles. The number of hydrogen-bond donors (Lipinski definition) is 1. The van der Waals surface area contributed by atoms with Gasteiger partial charge in [0.15, 0.2) is 9.84 Å². The van der Waals surface area contributed by atoms with E-state index in [4.69, 9.17) is 0 Å². The summed E-state index contributed by atoms with van der Waals surface area (Å²) < 4.78 is 37.8. The van der Waals surface area contributed by atoms with Gasteiger partial charge in [0.25, 0.3) is 0 Å². The molecule has 0 saturated heterocycles. The van der Waals surface area contributed by atoms with E-state index in [0.717, 1.165) is 11.8 Å². The highest BCUT2D eigenvalue weighted by Crippen LogP contribution is 2.17. The predicted molar refractivity (Wildman–Crippen MR) is 75.5 cm³/mol. The van der Waals surface area contributed by atoms with E-state index < -0.39 is 15.7 Å². The van der Waals surface area contributed by atoms with Crippen LogP contribution in [0.5, 0.6) is 0 Å². The molecule has 0 aliphatic rings. The Morgan fingerprint density at radius 3 is 2.70 bits per heavy atom. The molecule has 7 heteroatoms. The first kappa shape index (κ1) is 14.5. The van der Waals surface area contributed by atoms with E-state index in [9.17, 15) is 12.8 Å². The molecule has 0 atom stereocenters. The maximum absolute atomic E-state index is 13.8. The number of hydrogen-bond acceptors (Lipinski definition) is 4. The van der Waals surface area contributed by atoms with E-state index in [1.54, 1.807) is 16.9 Å². The normalized spacial score (nSPS) is 11.6. The molecule has 1 N–H and O–H groups in total. The molecule has 5 nitrogen and oxygen atoms in total. The van der Waals surface area contributed by atoms with Crippen molar-refractivity contribution < 1.29 is 12.8 Å². The summed E-state index contributed by atoms with van der Waals surface area (Å²) in [6.45, 7) is 0.526. The van der Waals surface area contributed by atoms with Gasteiger partial charge in [0, 0.05) is 42.9 Å². The highest BCUT2D eigenvalue weighted by atomic mass is 32.2. The average molecular weight is 297 g/mol. The Bertz CT molecular complexity index is 710. The molecule has 0 radical (unpaired) electrons. The number of aromatic nitrogens is 2. The second-order valence-electron chi connectivity index (χ2n) is 4.75. The quantitative estimate of drug-likeness (QED) is 0.912. The highest BCUT2D eigenvalue weighted by molar-refractivity contribution is 7.89. The standard InChI is InChI=1S/C13H16FN3O2S/c1-17-8-10(7-16-17)6-15-12-4-3-11(13(14)5-12)9-20(2,18)19/h3-5,7-8,15H,6,9H2,1-2H3. The molecule has 0 saturated carbocycles. The monoisotopic (exact) mass is 297 g/mol. The van der Waals surface area contributed by atoms with Gasteiger partial charge in [-0.25, -0.2) is 12.8 Å². The molecule has 2 aromatic rings. The van der Waals surface area contributed by atoms with Gasteiger partial charge in [0.1, 0.15) is 5.82 Å². The van der Waals surface area contributed by atoms with Crippen LogP contribution >= 0.6 is 0 Å². The van der Waals surface area contributed by atoms with Gasteiger partial charge in [-0.1, -0.05) is 6.07 Å². The van der Waals surface area contributed by atoms with E-state index >= 15 is 0 Å². The largest absolute Gasteiger partial charge is 0.381 e. The summed E-state index contributed by atoms with van der Waals surface area (Å²) >= 11 is 0. The summed E-state index contributed by atoms with van der Waals surface area (Å²) in [5.41, 5.74) is 1.76. The lowest BCUT2D eigenvalue weighted by Gasteiger charge is -2.07. The predicted octanol–water partition coefficient (Wildman–Crippen LogP) is 1.72. The zero-order chi connectivity index (χ0) is 14.8. The fourth-order valence-corrected chi connectivity index (χ4v) is 2.62. The lowest BCUT2D eigenvalue weighted by atomic mass is 10.2. The van der Waals surface area contributed by atoms with E-state index in [-0.39, 0.29) is 11.3 Å². The Morgan fingerprint density at radius 2 is 2.15 bits per heavy atom.